The fraction of sp³-hybridized carbons (Fsp3) is 0.0625. The molecular weight excluding hydrogens is 356 g/mol. The molecule has 0 saturated heterocycles. The number of fused-ring (bicyclic) bond motifs is 1. The molecule has 0 N–H and O–H groups in total. The molecule has 5 heteroatoms. The van der Waals surface area contributed by atoms with Crippen LogP contribution in [0.5, 0.6) is 5.75 Å². The van der Waals surface area contributed by atoms with Gasteiger partial charge in [-0.15, -0.1) is 0 Å². The molecule has 106 valence electrons. The third-order valence-electron chi connectivity index (χ3n) is 3.15. The van der Waals surface area contributed by atoms with Crippen LogP contribution < -0.4 is 10.2 Å². The second kappa shape index (κ2) is 5.54. The molecule has 1 heterocycles. The van der Waals surface area contributed by atoms with Crippen molar-refractivity contribution in [3.63, 3.8) is 0 Å². The van der Waals surface area contributed by atoms with E-state index in [2.05, 4.69) is 15.9 Å². The smallest absolute Gasteiger partial charge is 0.197 e. The first kappa shape index (κ1) is 14.2. The molecule has 0 saturated carbocycles. The highest BCUT2D eigenvalue weighted by Gasteiger charge is 2.15. The number of halogens is 2. The van der Waals surface area contributed by atoms with Crippen molar-refractivity contribution in [2.24, 2.45) is 0 Å². The predicted molar refractivity (Wildman–Crippen MR) is 87.2 cm³/mol. The average Bonchev–Trinajstić information content (AvgIpc) is 2.48. The fourth-order valence-electron chi connectivity index (χ4n) is 2.17. The minimum absolute atomic E-state index is 0.177. The van der Waals surface area contributed by atoms with Crippen LogP contribution in [0.4, 0.5) is 0 Å². The number of methoxy groups -OCH3 is 1. The van der Waals surface area contributed by atoms with E-state index >= 15 is 0 Å². The van der Waals surface area contributed by atoms with Crippen molar-refractivity contribution >= 4 is 38.5 Å². The predicted octanol–water partition coefficient (Wildman–Crippen LogP) is 4.88. The summed E-state index contributed by atoms with van der Waals surface area (Å²) < 4.78 is 11.8. The maximum absolute atomic E-state index is 12.4. The summed E-state index contributed by atoms with van der Waals surface area (Å²) in [5.41, 5.74) is 0.939. The Kier molecular flexibility index (Phi) is 3.74. The van der Waals surface area contributed by atoms with Crippen molar-refractivity contribution in [1.82, 2.24) is 0 Å². The van der Waals surface area contributed by atoms with Gasteiger partial charge in [-0.3, -0.25) is 4.79 Å². The highest BCUT2D eigenvalue weighted by Crippen LogP contribution is 2.34. The second-order valence-corrected chi connectivity index (χ2v) is 5.67. The van der Waals surface area contributed by atoms with Gasteiger partial charge in [0.25, 0.3) is 0 Å². The molecule has 21 heavy (non-hydrogen) atoms. The summed E-state index contributed by atoms with van der Waals surface area (Å²) in [6.45, 7) is 0. The van der Waals surface area contributed by atoms with Gasteiger partial charge in [0.05, 0.1) is 16.6 Å². The summed E-state index contributed by atoms with van der Waals surface area (Å²) in [4.78, 5) is 12.4. The molecule has 0 fully saturated rings. The largest absolute Gasteiger partial charge is 0.496 e. The number of rotatable bonds is 2. The van der Waals surface area contributed by atoms with E-state index in [4.69, 9.17) is 20.8 Å². The van der Waals surface area contributed by atoms with Crippen LogP contribution >= 0.6 is 27.5 Å². The van der Waals surface area contributed by atoms with Crippen LogP contribution in [0, 0.1) is 0 Å². The summed E-state index contributed by atoms with van der Waals surface area (Å²) >= 11 is 9.56. The summed E-state index contributed by atoms with van der Waals surface area (Å²) in [7, 11) is 1.52. The lowest BCUT2D eigenvalue weighted by Gasteiger charge is -2.08. The first-order valence-corrected chi connectivity index (χ1v) is 7.34. The second-order valence-electron chi connectivity index (χ2n) is 4.41. The molecule has 2 aromatic carbocycles. The molecule has 1 aromatic heterocycles. The summed E-state index contributed by atoms with van der Waals surface area (Å²) in [5, 5.41) is 0.932. The van der Waals surface area contributed by atoms with Crippen molar-refractivity contribution in [3.8, 4) is 17.1 Å². The molecule has 0 atom stereocenters. The van der Waals surface area contributed by atoms with E-state index in [-0.39, 0.29) is 5.43 Å². The first-order valence-electron chi connectivity index (χ1n) is 6.17. The van der Waals surface area contributed by atoms with Gasteiger partial charge in [0.2, 0.25) is 0 Å². The third-order valence-corrected chi connectivity index (χ3v) is 4.11. The third kappa shape index (κ3) is 2.45. The molecule has 0 unspecified atom stereocenters. The van der Waals surface area contributed by atoms with Crippen LogP contribution in [-0.2, 0) is 0 Å². The Labute approximate surface area is 134 Å². The lowest BCUT2D eigenvalue weighted by Crippen LogP contribution is -2.03. The normalized spacial score (nSPS) is 10.8. The summed E-state index contributed by atoms with van der Waals surface area (Å²) in [6, 6.07) is 12.1. The molecule has 0 aliphatic rings. The molecule has 0 radical (unpaired) electrons. The van der Waals surface area contributed by atoms with Crippen molar-refractivity contribution in [2.45, 2.75) is 0 Å². The van der Waals surface area contributed by atoms with Crippen molar-refractivity contribution in [3.05, 3.63) is 62.2 Å². The van der Waals surface area contributed by atoms with E-state index in [0.29, 0.717) is 37.5 Å². The molecule has 3 nitrogen and oxygen atoms in total. The minimum atomic E-state index is -0.177. The van der Waals surface area contributed by atoms with Crippen LogP contribution in [0.25, 0.3) is 22.3 Å². The number of ether oxygens (including phenoxy) is 1. The Morgan fingerprint density at radius 2 is 1.95 bits per heavy atom. The number of hydrogen-bond acceptors (Lipinski definition) is 3. The Hall–Kier alpha value is -1.78. The molecule has 0 aliphatic carbocycles. The van der Waals surface area contributed by atoms with Crippen molar-refractivity contribution < 1.29 is 9.15 Å². The minimum Gasteiger partial charge on any atom is -0.496 e. The van der Waals surface area contributed by atoms with Crippen LogP contribution in [0.2, 0.25) is 5.02 Å². The van der Waals surface area contributed by atoms with E-state index in [1.54, 1.807) is 24.3 Å². The van der Waals surface area contributed by atoms with E-state index in [0.717, 1.165) is 0 Å². The van der Waals surface area contributed by atoms with Crippen LogP contribution in [0.3, 0.4) is 0 Å². The zero-order chi connectivity index (χ0) is 15.0. The van der Waals surface area contributed by atoms with Gasteiger partial charge >= 0.3 is 0 Å². The number of hydrogen-bond donors (Lipinski definition) is 0. The molecule has 0 aliphatic heterocycles. The van der Waals surface area contributed by atoms with Crippen molar-refractivity contribution in [2.75, 3.05) is 7.11 Å². The lowest BCUT2D eigenvalue weighted by molar-refractivity contribution is 0.418. The van der Waals surface area contributed by atoms with E-state index in [1.165, 1.54) is 13.2 Å². The highest BCUT2D eigenvalue weighted by atomic mass is 79.9. The zero-order valence-corrected chi connectivity index (χ0v) is 13.4. The van der Waals surface area contributed by atoms with Gasteiger partial charge in [0, 0.05) is 11.6 Å². The quantitative estimate of drug-likeness (QED) is 0.649. The molecular formula is C16H10BrClO3. The first-order chi connectivity index (χ1) is 10.1. The Morgan fingerprint density at radius 3 is 2.67 bits per heavy atom. The Morgan fingerprint density at radius 1 is 1.19 bits per heavy atom. The van der Waals surface area contributed by atoms with Gasteiger partial charge in [-0.2, -0.15) is 0 Å². The maximum Gasteiger partial charge on any atom is 0.197 e. The number of benzene rings is 2. The molecule has 0 bridgehead atoms. The summed E-state index contributed by atoms with van der Waals surface area (Å²) in [5.74, 6) is 0.903. The topological polar surface area (TPSA) is 39.4 Å². The Balaban J connectivity index is 2.37. The van der Waals surface area contributed by atoms with E-state index in [1.807, 2.05) is 12.1 Å². The lowest BCUT2D eigenvalue weighted by atomic mass is 10.1. The molecule has 3 aromatic rings. The van der Waals surface area contributed by atoms with Crippen LogP contribution in [0.1, 0.15) is 0 Å². The highest BCUT2D eigenvalue weighted by molar-refractivity contribution is 9.10. The van der Waals surface area contributed by atoms with Gasteiger partial charge in [-0.25, -0.2) is 0 Å². The molecule has 0 amide bonds. The van der Waals surface area contributed by atoms with Gasteiger partial charge < -0.3 is 9.15 Å². The zero-order valence-electron chi connectivity index (χ0n) is 11.0. The van der Waals surface area contributed by atoms with Gasteiger partial charge in [-0.05, 0) is 40.2 Å². The van der Waals surface area contributed by atoms with Gasteiger partial charge in [-0.1, -0.05) is 23.7 Å². The van der Waals surface area contributed by atoms with Gasteiger partial charge in [0.15, 0.2) is 11.0 Å². The maximum atomic E-state index is 12.4. The Bertz CT molecular complexity index is 886. The van der Waals surface area contributed by atoms with Gasteiger partial charge in [0.1, 0.15) is 16.9 Å². The SMILES string of the molecule is COc1ccc(Br)c2oc(-c3ccccc3Cl)cc(=O)c12. The summed E-state index contributed by atoms with van der Waals surface area (Å²) in [6.07, 6.45) is 0. The van der Waals surface area contributed by atoms with Crippen LogP contribution in [0.15, 0.2) is 56.1 Å². The standard InChI is InChI=1S/C16H10BrClO3/c1-20-13-7-6-10(17)16-15(13)12(19)8-14(21-16)9-4-2-3-5-11(9)18/h2-8H,1H3. The molecule has 3 rings (SSSR count). The molecule has 0 spiro atoms. The van der Waals surface area contributed by atoms with E-state index in [9.17, 15) is 4.79 Å². The van der Waals surface area contributed by atoms with Crippen molar-refractivity contribution in [1.29, 1.82) is 0 Å². The monoisotopic (exact) mass is 364 g/mol. The van der Waals surface area contributed by atoms with Crippen LogP contribution in [-0.4, -0.2) is 7.11 Å². The fourth-order valence-corrected chi connectivity index (χ4v) is 2.81. The average molecular weight is 366 g/mol. The van der Waals surface area contributed by atoms with E-state index < -0.39 is 0 Å².